The second-order valence-electron chi connectivity index (χ2n) is 9.56. The number of nitrogens with one attached hydrogen (secondary N) is 3. The van der Waals surface area contributed by atoms with E-state index in [2.05, 4.69) is 27.8 Å². The number of nitrogens with two attached hydrogens (primary N) is 1. The number of aromatic amines is 1. The lowest BCUT2D eigenvalue weighted by Crippen LogP contribution is -2.37. The van der Waals surface area contributed by atoms with Crippen LogP contribution >= 0.6 is 0 Å². The van der Waals surface area contributed by atoms with Crippen molar-refractivity contribution in [1.82, 2.24) is 15.3 Å². The Bertz CT molecular complexity index is 1130. The second-order valence-corrected chi connectivity index (χ2v) is 9.56. The summed E-state index contributed by atoms with van der Waals surface area (Å²) >= 11 is 0. The van der Waals surface area contributed by atoms with E-state index in [0.717, 1.165) is 59.7 Å². The summed E-state index contributed by atoms with van der Waals surface area (Å²) in [5.41, 5.74) is 10.4. The minimum absolute atomic E-state index is 0.0212. The van der Waals surface area contributed by atoms with Crippen molar-refractivity contribution < 1.29 is 9.59 Å². The number of imidazole rings is 1. The van der Waals surface area contributed by atoms with Crippen LogP contribution in [0.1, 0.15) is 55.7 Å². The molecular formula is C28H35N5O2. The summed E-state index contributed by atoms with van der Waals surface area (Å²) in [6.07, 6.45) is 4.44. The molecule has 1 aliphatic carbocycles. The fourth-order valence-corrected chi connectivity index (χ4v) is 4.86. The van der Waals surface area contributed by atoms with Crippen LogP contribution in [-0.2, 0) is 16.0 Å². The van der Waals surface area contributed by atoms with Crippen LogP contribution < -0.4 is 16.4 Å². The highest BCUT2D eigenvalue weighted by atomic mass is 16.2. The van der Waals surface area contributed by atoms with Gasteiger partial charge in [-0.15, -0.1) is 0 Å². The van der Waals surface area contributed by atoms with Gasteiger partial charge in [-0.2, -0.15) is 0 Å². The third-order valence-electron chi connectivity index (χ3n) is 6.86. The molecule has 1 atom stereocenters. The van der Waals surface area contributed by atoms with Crippen molar-refractivity contribution in [2.24, 2.45) is 17.6 Å². The summed E-state index contributed by atoms with van der Waals surface area (Å²) < 4.78 is 0. The van der Waals surface area contributed by atoms with E-state index in [1.807, 2.05) is 49.4 Å². The molecule has 1 fully saturated rings. The molecule has 7 heteroatoms. The van der Waals surface area contributed by atoms with Gasteiger partial charge in [0.15, 0.2) is 0 Å². The number of hydrogen-bond donors (Lipinski definition) is 4. The van der Waals surface area contributed by atoms with Crippen molar-refractivity contribution in [3.63, 3.8) is 0 Å². The highest BCUT2D eigenvalue weighted by Crippen LogP contribution is 2.30. The topological polar surface area (TPSA) is 113 Å². The predicted molar refractivity (Wildman–Crippen MR) is 139 cm³/mol. The quantitative estimate of drug-likeness (QED) is 0.385. The molecule has 0 unspecified atom stereocenters. The monoisotopic (exact) mass is 473 g/mol. The maximum absolute atomic E-state index is 13.2. The van der Waals surface area contributed by atoms with Crippen LogP contribution in [0.15, 0.2) is 54.6 Å². The molecule has 184 valence electrons. The van der Waals surface area contributed by atoms with E-state index in [1.54, 1.807) is 0 Å². The molecule has 0 bridgehead atoms. The van der Waals surface area contributed by atoms with E-state index in [4.69, 9.17) is 10.7 Å². The van der Waals surface area contributed by atoms with Crippen LogP contribution in [0.25, 0.3) is 11.3 Å². The first-order valence-corrected chi connectivity index (χ1v) is 12.4. The Labute approximate surface area is 206 Å². The van der Waals surface area contributed by atoms with Crippen LogP contribution in [0.4, 0.5) is 5.69 Å². The first kappa shape index (κ1) is 24.7. The van der Waals surface area contributed by atoms with Gasteiger partial charge in [0.05, 0.1) is 11.7 Å². The Kier molecular flexibility index (Phi) is 7.98. The zero-order valence-electron chi connectivity index (χ0n) is 20.5. The molecule has 0 saturated heterocycles. The number of H-pyrrole nitrogens is 1. The Balaban J connectivity index is 1.55. The third-order valence-corrected chi connectivity index (χ3v) is 6.86. The predicted octanol–water partition coefficient (Wildman–Crippen LogP) is 4.51. The van der Waals surface area contributed by atoms with Gasteiger partial charge < -0.3 is 21.4 Å². The van der Waals surface area contributed by atoms with E-state index in [0.29, 0.717) is 18.9 Å². The maximum Gasteiger partial charge on any atom is 0.223 e. The summed E-state index contributed by atoms with van der Waals surface area (Å²) in [5, 5.41) is 6.08. The maximum atomic E-state index is 13.2. The minimum Gasteiger partial charge on any atom is -0.346 e. The van der Waals surface area contributed by atoms with Crippen molar-refractivity contribution in [3.8, 4) is 11.3 Å². The van der Waals surface area contributed by atoms with Crippen LogP contribution in [-0.4, -0.2) is 28.3 Å². The molecule has 2 amide bonds. The molecule has 1 aromatic heterocycles. The fourth-order valence-electron chi connectivity index (χ4n) is 4.86. The van der Waals surface area contributed by atoms with Gasteiger partial charge in [0, 0.05) is 29.8 Å². The van der Waals surface area contributed by atoms with E-state index >= 15 is 0 Å². The molecule has 7 nitrogen and oxygen atoms in total. The summed E-state index contributed by atoms with van der Waals surface area (Å²) in [4.78, 5) is 32.9. The summed E-state index contributed by atoms with van der Waals surface area (Å²) in [6, 6.07) is 17.5. The zero-order valence-corrected chi connectivity index (χ0v) is 20.5. The molecule has 5 N–H and O–H groups in total. The van der Waals surface area contributed by atoms with Crippen LogP contribution in [0, 0.1) is 18.8 Å². The lowest BCUT2D eigenvalue weighted by atomic mass is 9.81. The van der Waals surface area contributed by atoms with Gasteiger partial charge in [0.1, 0.15) is 5.82 Å². The molecule has 4 rings (SSSR count). The fraction of sp³-hybridized carbons (Fsp3) is 0.393. The Morgan fingerprint density at radius 2 is 1.74 bits per heavy atom. The van der Waals surface area contributed by atoms with Gasteiger partial charge in [0.25, 0.3) is 0 Å². The van der Waals surface area contributed by atoms with Gasteiger partial charge in [-0.25, -0.2) is 4.98 Å². The number of carbonyl (C=O) groups is 2. The molecule has 35 heavy (non-hydrogen) atoms. The van der Waals surface area contributed by atoms with Crippen molar-refractivity contribution >= 4 is 17.5 Å². The third kappa shape index (κ3) is 6.36. The highest BCUT2D eigenvalue weighted by molar-refractivity contribution is 5.89. The van der Waals surface area contributed by atoms with Crippen LogP contribution in [0.2, 0.25) is 0 Å². The van der Waals surface area contributed by atoms with Gasteiger partial charge in [-0.05, 0) is 69.2 Å². The molecule has 1 heterocycles. The first-order chi connectivity index (χ1) is 16.9. The number of anilines is 1. The SMILES string of the molecule is CC(=O)Nc1ccc(-c2nc([C@H](Cc3ccccc3)NC(=O)[C@H]3CC[C@H](CN)CC3)[nH]c2C)cc1. The van der Waals surface area contributed by atoms with Crippen LogP contribution in [0.3, 0.4) is 0 Å². The number of hydrogen-bond acceptors (Lipinski definition) is 4. The summed E-state index contributed by atoms with van der Waals surface area (Å²) in [7, 11) is 0. The number of carbonyl (C=O) groups excluding carboxylic acids is 2. The molecule has 1 aliphatic rings. The van der Waals surface area contributed by atoms with Crippen molar-refractivity contribution in [2.45, 2.75) is 52.0 Å². The second kappa shape index (κ2) is 11.3. The lowest BCUT2D eigenvalue weighted by Gasteiger charge is -2.28. The molecule has 1 saturated carbocycles. The standard InChI is InChI=1S/C28H35N5O2/c1-18-26(22-12-14-24(15-13-22)31-19(2)34)33-27(30-18)25(16-20-6-4-3-5-7-20)32-28(35)23-10-8-21(17-29)9-11-23/h3-7,12-15,21,23,25H,8-11,16-17,29H2,1-2H3,(H,30,33)(H,31,34)(H,32,35)/t21-,23-,25-/m0/s1. The Hall–Kier alpha value is -3.45. The average Bonchev–Trinajstić information content (AvgIpc) is 3.26. The average molecular weight is 474 g/mol. The summed E-state index contributed by atoms with van der Waals surface area (Å²) in [5.74, 6) is 1.29. The number of benzene rings is 2. The normalized spacial score (nSPS) is 18.6. The van der Waals surface area contributed by atoms with Crippen molar-refractivity contribution in [1.29, 1.82) is 0 Å². The highest BCUT2D eigenvalue weighted by Gasteiger charge is 2.28. The van der Waals surface area contributed by atoms with Gasteiger partial charge in [-0.1, -0.05) is 42.5 Å². The van der Waals surface area contributed by atoms with Gasteiger partial charge in [0.2, 0.25) is 11.8 Å². The van der Waals surface area contributed by atoms with E-state index < -0.39 is 0 Å². The van der Waals surface area contributed by atoms with E-state index in [-0.39, 0.29) is 23.8 Å². The number of nitrogens with zero attached hydrogens (tertiary/aromatic N) is 1. The number of aryl methyl sites for hydroxylation is 1. The minimum atomic E-state index is -0.261. The first-order valence-electron chi connectivity index (χ1n) is 12.4. The summed E-state index contributed by atoms with van der Waals surface area (Å²) in [6.45, 7) is 4.18. The molecule has 0 aliphatic heterocycles. The zero-order chi connectivity index (χ0) is 24.8. The Morgan fingerprint density at radius 3 is 2.37 bits per heavy atom. The molecule has 0 radical (unpaired) electrons. The number of amides is 2. The molecular weight excluding hydrogens is 438 g/mol. The molecule has 3 aromatic rings. The van der Waals surface area contributed by atoms with Gasteiger partial charge in [-0.3, -0.25) is 9.59 Å². The number of aromatic nitrogens is 2. The molecule has 0 spiro atoms. The van der Waals surface area contributed by atoms with Gasteiger partial charge >= 0.3 is 0 Å². The lowest BCUT2D eigenvalue weighted by molar-refractivity contribution is -0.127. The number of rotatable bonds is 8. The van der Waals surface area contributed by atoms with E-state index in [9.17, 15) is 9.59 Å². The Morgan fingerprint density at radius 1 is 1.06 bits per heavy atom. The smallest absolute Gasteiger partial charge is 0.223 e. The van der Waals surface area contributed by atoms with E-state index in [1.165, 1.54) is 6.92 Å². The van der Waals surface area contributed by atoms with Crippen molar-refractivity contribution in [3.05, 3.63) is 71.7 Å². The van der Waals surface area contributed by atoms with Crippen molar-refractivity contribution in [2.75, 3.05) is 11.9 Å². The largest absolute Gasteiger partial charge is 0.346 e. The molecule has 2 aromatic carbocycles. The van der Waals surface area contributed by atoms with Crippen LogP contribution in [0.5, 0.6) is 0 Å².